The van der Waals surface area contributed by atoms with Gasteiger partial charge in [0.1, 0.15) is 0 Å². The van der Waals surface area contributed by atoms with Gasteiger partial charge in [-0.05, 0) is 41.3 Å². The maximum Gasteiger partial charge on any atom is 0.255 e. The maximum atomic E-state index is 12.3. The van der Waals surface area contributed by atoms with Crippen LogP contribution in [0.5, 0.6) is 0 Å². The second kappa shape index (κ2) is 5.60. The number of carbonyl (C=O) groups excluding carboxylic acids is 1. The van der Waals surface area contributed by atoms with Gasteiger partial charge < -0.3 is 10.0 Å². The minimum Gasteiger partial charge on any atom is -0.394 e. The zero-order valence-electron chi connectivity index (χ0n) is 9.47. The first kappa shape index (κ1) is 12.5. The van der Waals surface area contributed by atoms with Crippen molar-refractivity contribution < 1.29 is 9.90 Å². The van der Waals surface area contributed by atoms with Crippen molar-refractivity contribution in [1.82, 2.24) is 9.88 Å². The van der Waals surface area contributed by atoms with Crippen LogP contribution < -0.4 is 0 Å². The normalized spacial score (nSPS) is 20.4. The predicted molar refractivity (Wildman–Crippen MR) is 67.7 cm³/mol. The number of halogens is 1. The fourth-order valence-electron chi connectivity index (χ4n) is 2.15. The summed E-state index contributed by atoms with van der Waals surface area (Å²) in [5.74, 6) is -0.0439. The number of likely N-dealkylation sites (tertiary alicyclic amines) is 1. The molecule has 1 aliphatic heterocycles. The molecule has 0 aromatic carbocycles. The van der Waals surface area contributed by atoms with Crippen LogP contribution >= 0.6 is 15.9 Å². The van der Waals surface area contributed by atoms with E-state index in [0.29, 0.717) is 5.56 Å². The summed E-state index contributed by atoms with van der Waals surface area (Å²) in [6.45, 7) is 0.754. The molecule has 0 saturated carbocycles. The number of pyridine rings is 1. The van der Waals surface area contributed by atoms with E-state index in [-0.39, 0.29) is 18.6 Å². The van der Waals surface area contributed by atoms with E-state index in [9.17, 15) is 9.90 Å². The van der Waals surface area contributed by atoms with E-state index in [0.717, 1.165) is 30.3 Å². The molecule has 1 saturated heterocycles. The molecule has 1 unspecified atom stereocenters. The number of hydrogen-bond donors (Lipinski definition) is 1. The Balaban J connectivity index is 2.18. The average molecular weight is 299 g/mol. The van der Waals surface area contributed by atoms with Crippen molar-refractivity contribution in [2.24, 2.45) is 0 Å². The topological polar surface area (TPSA) is 53.4 Å². The van der Waals surface area contributed by atoms with E-state index in [1.54, 1.807) is 23.4 Å². The number of amides is 1. The fourth-order valence-corrected chi connectivity index (χ4v) is 2.52. The lowest BCUT2D eigenvalue weighted by atomic mass is 10.0. The molecule has 1 atom stereocenters. The maximum absolute atomic E-state index is 12.3. The Hall–Kier alpha value is -0.940. The molecule has 5 heteroatoms. The lowest BCUT2D eigenvalue weighted by Crippen LogP contribution is -2.45. The standard InChI is InChI=1S/C12H15BrN2O2/c13-10-5-9(6-14-7-10)12(17)15-4-2-1-3-11(15)8-16/h5-7,11,16H,1-4,8H2. The summed E-state index contributed by atoms with van der Waals surface area (Å²) in [4.78, 5) is 18.0. The Bertz CT molecular complexity index is 411. The van der Waals surface area contributed by atoms with Gasteiger partial charge in [0.05, 0.1) is 18.2 Å². The molecular weight excluding hydrogens is 284 g/mol. The second-order valence-corrected chi connectivity index (χ2v) is 5.14. The molecule has 1 N–H and O–H groups in total. The van der Waals surface area contributed by atoms with Crippen LogP contribution in [0.3, 0.4) is 0 Å². The molecule has 1 aromatic heterocycles. The smallest absolute Gasteiger partial charge is 0.255 e. The minimum absolute atomic E-state index is 0.0349. The highest BCUT2D eigenvalue weighted by molar-refractivity contribution is 9.10. The van der Waals surface area contributed by atoms with Gasteiger partial charge in [0, 0.05) is 23.4 Å². The first-order valence-electron chi connectivity index (χ1n) is 5.74. The Morgan fingerprint density at radius 1 is 1.53 bits per heavy atom. The minimum atomic E-state index is -0.0461. The quantitative estimate of drug-likeness (QED) is 0.906. The van der Waals surface area contributed by atoms with Crippen molar-refractivity contribution in [2.75, 3.05) is 13.2 Å². The molecule has 17 heavy (non-hydrogen) atoms. The Morgan fingerprint density at radius 2 is 2.35 bits per heavy atom. The molecule has 0 spiro atoms. The number of rotatable bonds is 2. The van der Waals surface area contributed by atoms with Crippen LogP contribution in [0.25, 0.3) is 0 Å². The monoisotopic (exact) mass is 298 g/mol. The summed E-state index contributed by atoms with van der Waals surface area (Å²) in [5.41, 5.74) is 0.569. The van der Waals surface area contributed by atoms with Gasteiger partial charge in [0.2, 0.25) is 0 Å². The van der Waals surface area contributed by atoms with E-state index >= 15 is 0 Å². The molecule has 0 aliphatic carbocycles. The van der Waals surface area contributed by atoms with Gasteiger partial charge in [-0.3, -0.25) is 9.78 Å². The Labute approximate surface area is 109 Å². The molecule has 1 aromatic rings. The number of aliphatic hydroxyl groups excluding tert-OH is 1. The van der Waals surface area contributed by atoms with Crippen LogP contribution in [-0.4, -0.2) is 40.1 Å². The van der Waals surface area contributed by atoms with E-state index in [1.165, 1.54) is 0 Å². The van der Waals surface area contributed by atoms with E-state index < -0.39 is 0 Å². The molecule has 92 valence electrons. The summed E-state index contributed by atoms with van der Waals surface area (Å²) in [5, 5.41) is 9.29. The van der Waals surface area contributed by atoms with Crippen molar-refractivity contribution in [1.29, 1.82) is 0 Å². The molecule has 2 rings (SSSR count). The second-order valence-electron chi connectivity index (χ2n) is 4.22. The number of nitrogens with zero attached hydrogens (tertiary/aromatic N) is 2. The summed E-state index contributed by atoms with van der Waals surface area (Å²) in [6.07, 6.45) is 6.17. The van der Waals surface area contributed by atoms with E-state index in [1.807, 2.05) is 0 Å². The van der Waals surface area contributed by atoms with Crippen LogP contribution in [-0.2, 0) is 0 Å². The zero-order valence-corrected chi connectivity index (χ0v) is 11.1. The lowest BCUT2D eigenvalue weighted by molar-refractivity contribution is 0.0502. The molecule has 1 fully saturated rings. The molecule has 0 radical (unpaired) electrons. The van der Waals surface area contributed by atoms with Crippen LogP contribution in [0.4, 0.5) is 0 Å². The lowest BCUT2D eigenvalue weighted by Gasteiger charge is -2.34. The van der Waals surface area contributed by atoms with Gasteiger partial charge >= 0.3 is 0 Å². The van der Waals surface area contributed by atoms with Gasteiger partial charge in [-0.15, -0.1) is 0 Å². The van der Waals surface area contributed by atoms with Gasteiger partial charge in [0.15, 0.2) is 0 Å². The SMILES string of the molecule is O=C(c1cncc(Br)c1)N1CCCCC1CO. The molecule has 2 heterocycles. The molecule has 1 aliphatic rings. The third-order valence-corrected chi connectivity index (χ3v) is 3.48. The molecule has 4 nitrogen and oxygen atoms in total. The van der Waals surface area contributed by atoms with Gasteiger partial charge in [-0.2, -0.15) is 0 Å². The van der Waals surface area contributed by atoms with Crippen LogP contribution in [0.1, 0.15) is 29.6 Å². The first-order chi connectivity index (χ1) is 8.22. The number of piperidine rings is 1. The van der Waals surface area contributed by atoms with Crippen molar-refractivity contribution in [2.45, 2.75) is 25.3 Å². The fraction of sp³-hybridized carbons (Fsp3) is 0.500. The molecule has 0 bridgehead atoms. The summed E-state index contributed by atoms with van der Waals surface area (Å²) < 4.78 is 0.793. The van der Waals surface area contributed by atoms with Gasteiger partial charge in [0.25, 0.3) is 5.91 Å². The van der Waals surface area contributed by atoms with Crippen molar-refractivity contribution in [3.63, 3.8) is 0 Å². The van der Waals surface area contributed by atoms with Gasteiger partial charge in [-0.1, -0.05) is 0 Å². The Morgan fingerprint density at radius 3 is 3.06 bits per heavy atom. The molecular formula is C12H15BrN2O2. The number of hydrogen-bond acceptors (Lipinski definition) is 3. The highest BCUT2D eigenvalue weighted by Crippen LogP contribution is 2.20. The van der Waals surface area contributed by atoms with E-state index in [2.05, 4.69) is 20.9 Å². The third kappa shape index (κ3) is 2.84. The predicted octanol–water partition coefficient (Wildman–Crippen LogP) is 1.83. The Kier molecular flexibility index (Phi) is 4.12. The van der Waals surface area contributed by atoms with Crippen LogP contribution in [0.15, 0.2) is 22.9 Å². The summed E-state index contributed by atoms with van der Waals surface area (Å²) in [7, 11) is 0. The van der Waals surface area contributed by atoms with Crippen LogP contribution in [0, 0.1) is 0 Å². The van der Waals surface area contributed by atoms with E-state index in [4.69, 9.17) is 0 Å². The van der Waals surface area contributed by atoms with Crippen molar-refractivity contribution in [3.8, 4) is 0 Å². The number of carbonyl (C=O) groups is 1. The highest BCUT2D eigenvalue weighted by Gasteiger charge is 2.26. The molecule has 1 amide bonds. The zero-order chi connectivity index (χ0) is 12.3. The number of aromatic nitrogens is 1. The van der Waals surface area contributed by atoms with Crippen molar-refractivity contribution >= 4 is 21.8 Å². The third-order valence-electron chi connectivity index (χ3n) is 3.05. The van der Waals surface area contributed by atoms with Crippen molar-refractivity contribution in [3.05, 3.63) is 28.5 Å². The number of aliphatic hydroxyl groups is 1. The van der Waals surface area contributed by atoms with Gasteiger partial charge in [-0.25, -0.2) is 0 Å². The summed E-state index contributed by atoms with van der Waals surface area (Å²) >= 11 is 3.30. The average Bonchev–Trinajstić information content (AvgIpc) is 2.38. The largest absolute Gasteiger partial charge is 0.394 e. The first-order valence-corrected chi connectivity index (χ1v) is 6.54. The van der Waals surface area contributed by atoms with Crippen LogP contribution in [0.2, 0.25) is 0 Å². The highest BCUT2D eigenvalue weighted by atomic mass is 79.9. The summed E-state index contributed by atoms with van der Waals surface area (Å²) in [6, 6.07) is 1.72.